The van der Waals surface area contributed by atoms with E-state index in [4.69, 9.17) is 0 Å². The average Bonchev–Trinajstić information content (AvgIpc) is 2.44. The van der Waals surface area contributed by atoms with Crippen LogP contribution >= 0.6 is 0 Å². The molecule has 0 spiro atoms. The Bertz CT molecular complexity index is 739. The van der Waals surface area contributed by atoms with Crippen LogP contribution in [0.25, 0.3) is 10.9 Å². The van der Waals surface area contributed by atoms with Gasteiger partial charge in [-0.3, -0.25) is 9.36 Å². The van der Waals surface area contributed by atoms with Crippen LogP contribution in [0.1, 0.15) is 18.4 Å². The van der Waals surface area contributed by atoms with Gasteiger partial charge < -0.3 is 10.3 Å². The number of hydrogen-bond acceptors (Lipinski definition) is 3. The van der Waals surface area contributed by atoms with Crippen LogP contribution in [-0.4, -0.2) is 22.6 Å². The molecule has 5 heteroatoms. The summed E-state index contributed by atoms with van der Waals surface area (Å²) >= 11 is 0. The summed E-state index contributed by atoms with van der Waals surface area (Å²) in [7, 11) is 0. The van der Waals surface area contributed by atoms with Gasteiger partial charge in [-0.05, 0) is 56.5 Å². The normalized spacial score (nSPS) is 19.4. The van der Waals surface area contributed by atoms with E-state index in [0.29, 0.717) is 23.4 Å². The first-order chi connectivity index (χ1) is 9.65. The molecule has 1 aliphatic heterocycles. The van der Waals surface area contributed by atoms with Crippen molar-refractivity contribution in [2.45, 2.75) is 26.3 Å². The van der Waals surface area contributed by atoms with Gasteiger partial charge in [-0.25, -0.2) is 4.79 Å². The van der Waals surface area contributed by atoms with Crippen LogP contribution in [0.2, 0.25) is 0 Å². The van der Waals surface area contributed by atoms with E-state index in [0.717, 1.165) is 31.5 Å². The topological polar surface area (TPSA) is 66.9 Å². The minimum absolute atomic E-state index is 0.186. The van der Waals surface area contributed by atoms with Gasteiger partial charge in [-0.2, -0.15) is 0 Å². The van der Waals surface area contributed by atoms with Gasteiger partial charge in [0.1, 0.15) is 0 Å². The fraction of sp³-hybridized carbons (Fsp3) is 0.467. The number of fused-ring (bicyclic) bond motifs is 1. The Hall–Kier alpha value is -1.88. The van der Waals surface area contributed by atoms with Crippen molar-refractivity contribution in [3.05, 3.63) is 44.6 Å². The molecule has 2 N–H and O–H groups in total. The molecular formula is C15H19N3O2. The predicted octanol–water partition coefficient (Wildman–Crippen LogP) is 0.998. The second-order valence-electron chi connectivity index (χ2n) is 5.61. The van der Waals surface area contributed by atoms with Gasteiger partial charge in [-0.1, -0.05) is 6.07 Å². The number of piperidine rings is 1. The SMILES string of the molecule is Cc1ccc2c(=O)n(CC3CCCNC3)c(=O)[nH]c2c1. The Labute approximate surface area is 116 Å². The summed E-state index contributed by atoms with van der Waals surface area (Å²) in [6, 6.07) is 5.53. The molecule has 1 aromatic heterocycles. The van der Waals surface area contributed by atoms with E-state index in [2.05, 4.69) is 10.3 Å². The highest BCUT2D eigenvalue weighted by Gasteiger charge is 2.16. The van der Waals surface area contributed by atoms with Gasteiger partial charge in [0.25, 0.3) is 5.56 Å². The average molecular weight is 273 g/mol. The van der Waals surface area contributed by atoms with Crippen LogP contribution < -0.4 is 16.6 Å². The Morgan fingerprint density at radius 3 is 2.95 bits per heavy atom. The van der Waals surface area contributed by atoms with Crippen molar-refractivity contribution in [2.24, 2.45) is 5.92 Å². The van der Waals surface area contributed by atoms with Crippen LogP contribution in [0.5, 0.6) is 0 Å². The zero-order valence-corrected chi connectivity index (χ0v) is 11.6. The summed E-state index contributed by atoms with van der Waals surface area (Å²) in [5.41, 5.74) is 1.16. The summed E-state index contributed by atoms with van der Waals surface area (Å²) < 4.78 is 1.34. The lowest BCUT2D eigenvalue weighted by molar-refractivity contribution is 0.329. The van der Waals surface area contributed by atoms with Crippen LogP contribution in [0.15, 0.2) is 27.8 Å². The Morgan fingerprint density at radius 2 is 2.20 bits per heavy atom. The van der Waals surface area contributed by atoms with Gasteiger partial charge >= 0.3 is 5.69 Å². The minimum Gasteiger partial charge on any atom is -0.316 e. The quantitative estimate of drug-likeness (QED) is 0.857. The smallest absolute Gasteiger partial charge is 0.316 e. The molecule has 0 amide bonds. The monoisotopic (exact) mass is 273 g/mol. The van der Waals surface area contributed by atoms with E-state index in [1.165, 1.54) is 4.57 Å². The molecule has 1 aromatic carbocycles. The number of H-pyrrole nitrogens is 1. The number of nitrogens with one attached hydrogen (secondary N) is 2. The van der Waals surface area contributed by atoms with E-state index >= 15 is 0 Å². The fourth-order valence-corrected chi connectivity index (χ4v) is 2.87. The highest BCUT2D eigenvalue weighted by Crippen LogP contribution is 2.12. The lowest BCUT2D eigenvalue weighted by Crippen LogP contribution is -2.40. The standard InChI is InChI=1S/C15H19N3O2/c1-10-4-5-12-13(7-10)17-15(20)18(14(12)19)9-11-3-2-6-16-8-11/h4-5,7,11,16H,2-3,6,8-9H2,1H3,(H,17,20). The second kappa shape index (κ2) is 5.25. The molecule has 0 bridgehead atoms. The molecule has 1 saturated heterocycles. The summed E-state index contributed by atoms with van der Waals surface area (Å²) in [5.74, 6) is 0.352. The van der Waals surface area contributed by atoms with Gasteiger partial charge in [0.05, 0.1) is 10.9 Å². The molecular weight excluding hydrogens is 254 g/mol. The van der Waals surface area contributed by atoms with E-state index in [-0.39, 0.29) is 11.2 Å². The van der Waals surface area contributed by atoms with E-state index in [1.54, 1.807) is 6.07 Å². The first-order valence-corrected chi connectivity index (χ1v) is 7.09. The Morgan fingerprint density at radius 1 is 1.35 bits per heavy atom. The van der Waals surface area contributed by atoms with Crippen molar-refractivity contribution in [1.82, 2.24) is 14.9 Å². The van der Waals surface area contributed by atoms with Crippen molar-refractivity contribution in [2.75, 3.05) is 13.1 Å². The van der Waals surface area contributed by atoms with Gasteiger partial charge in [0.2, 0.25) is 0 Å². The maximum atomic E-state index is 12.5. The molecule has 20 heavy (non-hydrogen) atoms. The Kier molecular flexibility index (Phi) is 3.44. The van der Waals surface area contributed by atoms with Crippen molar-refractivity contribution in [1.29, 1.82) is 0 Å². The van der Waals surface area contributed by atoms with Crippen LogP contribution in [0, 0.1) is 12.8 Å². The molecule has 1 unspecified atom stereocenters. The summed E-state index contributed by atoms with van der Waals surface area (Å²) in [5, 5.41) is 3.89. The van der Waals surface area contributed by atoms with E-state index < -0.39 is 0 Å². The molecule has 0 radical (unpaired) electrons. The molecule has 1 fully saturated rings. The van der Waals surface area contributed by atoms with Crippen LogP contribution in [0.3, 0.4) is 0 Å². The van der Waals surface area contributed by atoms with Gasteiger partial charge in [0, 0.05) is 6.54 Å². The van der Waals surface area contributed by atoms with Crippen molar-refractivity contribution in [3.8, 4) is 0 Å². The maximum absolute atomic E-state index is 12.5. The summed E-state index contributed by atoms with van der Waals surface area (Å²) in [6.07, 6.45) is 2.16. The predicted molar refractivity (Wildman–Crippen MR) is 79.2 cm³/mol. The molecule has 1 aliphatic rings. The van der Waals surface area contributed by atoms with Gasteiger partial charge in [-0.15, -0.1) is 0 Å². The maximum Gasteiger partial charge on any atom is 0.328 e. The van der Waals surface area contributed by atoms with E-state index in [1.807, 2.05) is 19.1 Å². The zero-order valence-electron chi connectivity index (χ0n) is 11.6. The highest BCUT2D eigenvalue weighted by molar-refractivity contribution is 5.77. The number of aromatic amines is 1. The summed E-state index contributed by atoms with van der Waals surface area (Å²) in [4.78, 5) is 27.4. The largest absolute Gasteiger partial charge is 0.328 e. The molecule has 1 atom stereocenters. The molecule has 2 aromatic rings. The van der Waals surface area contributed by atoms with Crippen LogP contribution in [0.4, 0.5) is 0 Å². The Balaban J connectivity index is 2.04. The summed E-state index contributed by atoms with van der Waals surface area (Å²) in [6.45, 7) is 4.33. The first-order valence-electron chi connectivity index (χ1n) is 7.09. The number of aromatic nitrogens is 2. The van der Waals surface area contributed by atoms with Crippen molar-refractivity contribution >= 4 is 10.9 Å². The minimum atomic E-state index is -0.307. The fourth-order valence-electron chi connectivity index (χ4n) is 2.87. The lowest BCUT2D eigenvalue weighted by Gasteiger charge is -2.23. The molecule has 5 nitrogen and oxygen atoms in total. The number of nitrogens with zero attached hydrogens (tertiary/aromatic N) is 1. The molecule has 2 heterocycles. The molecule has 0 aliphatic carbocycles. The number of aryl methyl sites for hydroxylation is 1. The van der Waals surface area contributed by atoms with Gasteiger partial charge in [0.15, 0.2) is 0 Å². The van der Waals surface area contributed by atoms with Crippen molar-refractivity contribution < 1.29 is 0 Å². The molecule has 106 valence electrons. The molecule has 3 rings (SSSR count). The number of benzene rings is 1. The highest BCUT2D eigenvalue weighted by atomic mass is 16.2. The third-order valence-electron chi connectivity index (χ3n) is 3.98. The molecule has 0 saturated carbocycles. The number of hydrogen-bond donors (Lipinski definition) is 2. The first kappa shape index (κ1) is 13.1. The zero-order chi connectivity index (χ0) is 14.1. The third-order valence-corrected chi connectivity index (χ3v) is 3.98. The second-order valence-corrected chi connectivity index (χ2v) is 5.61. The lowest BCUT2D eigenvalue weighted by atomic mass is 10.00. The number of rotatable bonds is 2. The third kappa shape index (κ3) is 2.41. The van der Waals surface area contributed by atoms with Crippen LogP contribution in [-0.2, 0) is 6.54 Å². The van der Waals surface area contributed by atoms with Crippen molar-refractivity contribution in [3.63, 3.8) is 0 Å². The van der Waals surface area contributed by atoms with E-state index in [9.17, 15) is 9.59 Å².